The lowest BCUT2D eigenvalue weighted by Crippen LogP contribution is -2.16. The maximum Gasteiger partial charge on any atom is 0.264 e. The maximum atomic E-state index is 12.8. The number of halogens is 1. The monoisotopic (exact) mass is 391 g/mol. The van der Waals surface area contributed by atoms with Crippen LogP contribution in [0.25, 0.3) is 0 Å². The van der Waals surface area contributed by atoms with Crippen molar-refractivity contribution in [2.75, 3.05) is 22.3 Å². The molecule has 134 valence electrons. The molecule has 3 aromatic rings. The van der Waals surface area contributed by atoms with E-state index in [1.165, 1.54) is 28.9 Å². The molecule has 0 bridgehead atoms. The van der Waals surface area contributed by atoms with Gasteiger partial charge >= 0.3 is 0 Å². The zero-order valence-electron chi connectivity index (χ0n) is 13.3. The molecule has 0 spiro atoms. The van der Waals surface area contributed by atoms with Crippen molar-refractivity contribution in [1.29, 1.82) is 0 Å². The Hall–Kier alpha value is -2.92. The fourth-order valence-corrected chi connectivity index (χ4v) is 3.07. The first-order valence-electron chi connectivity index (χ1n) is 7.33. The Morgan fingerprint density at radius 3 is 2.88 bits per heavy atom. The SMILES string of the molecule is Nn1c(N/N=C/c2cccs2)nnc1SCC(=O)Nc1ccc(F)cc1. The molecule has 2 aromatic heterocycles. The maximum absolute atomic E-state index is 12.8. The van der Waals surface area contributed by atoms with E-state index in [0.29, 0.717) is 10.8 Å². The number of nitrogens with one attached hydrogen (secondary N) is 2. The molecular formula is C15H14FN7OS2. The smallest absolute Gasteiger partial charge is 0.264 e. The van der Waals surface area contributed by atoms with Crippen LogP contribution in [0.5, 0.6) is 0 Å². The lowest BCUT2D eigenvalue weighted by atomic mass is 10.3. The molecule has 0 fully saturated rings. The third-order valence-electron chi connectivity index (χ3n) is 3.02. The van der Waals surface area contributed by atoms with Crippen LogP contribution in [-0.2, 0) is 4.79 Å². The van der Waals surface area contributed by atoms with E-state index in [2.05, 4.69) is 26.0 Å². The predicted octanol–water partition coefficient (Wildman–Crippen LogP) is 2.37. The summed E-state index contributed by atoms with van der Waals surface area (Å²) in [5, 5.41) is 16.8. The number of nitrogens with zero attached hydrogens (tertiary/aromatic N) is 4. The molecule has 2 heterocycles. The van der Waals surface area contributed by atoms with E-state index in [9.17, 15) is 9.18 Å². The zero-order chi connectivity index (χ0) is 18.4. The van der Waals surface area contributed by atoms with Crippen LogP contribution in [0, 0.1) is 5.82 Å². The summed E-state index contributed by atoms with van der Waals surface area (Å²) < 4.78 is 14.1. The van der Waals surface area contributed by atoms with Gasteiger partial charge in [-0.25, -0.2) is 14.5 Å². The van der Waals surface area contributed by atoms with Gasteiger partial charge in [-0.05, 0) is 35.7 Å². The van der Waals surface area contributed by atoms with E-state index < -0.39 is 0 Å². The highest BCUT2D eigenvalue weighted by molar-refractivity contribution is 7.99. The van der Waals surface area contributed by atoms with Crippen LogP contribution in [-0.4, -0.2) is 32.7 Å². The fraction of sp³-hybridized carbons (Fsp3) is 0.0667. The minimum absolute atomic E-state index is 0.0746. The molecule has 0 aliphatic heterocycles. The number of amides is 1. The van der Waals surface area contributed by atoms with Crippen molar-refractivity contribution in [2.45, 2.75) is 5.16 Å². The number of hydrogen-bond acceptors (Lipinski definition) is 8. The predicted molar refractivity (Wildman–Crippen MR) is 101 cm³/mol. The molecule has 26 heavy (non-hydrogen) atoms. The summed E-state index contributed by atoms with van der Waals surface area (Å²) in [4.78, 5) is 12.9. The number of carbonyl (C=O) groups is 1. The second-order valence-corrected chi connectivity index (χ2v) is 6.83. The van der Waals surface area contributed by atoms with Gasteiger partial charge in [0, 0.05) is 10.6 Å². The van der Waals surface area contributed by atoms with Gasteiger partial charge in [-0.2, -0.15) is 5.10 Å². The van der Waals surface area contributed by atoms with Gasteiger partial charge in [0.15, 0.2) is 0 Å². The lowest BCUT2D eigenvalue weighted by molar-refractivity contribution is -0.113. The number of rotatable bonds is 7. The number of anilines is 2. The van der Waals surface area contributed by atoms with Gasteiger partial charge in [0.25, 0.3) is 5.95 Å². The Morgan fingerprint density at radius 1 is 1.35 bits per heavy atom. The highest BCUT2D eigenvalue weighted by atomic mass is 32.2. The second kappa shape index (κ2) is 8.45. The number of nitrogen functional groups attached to an aromatic ring is 1. The minimum atomic E-state index is -0.365. The highest BCUT2D eigenvalue weighted by Gasteiger charge is 2.12. The lowest BCUT2D eigenvalue weighted by Gasteiger charge is -2.05. The quantitative estimate of drug-likeness (QED) is 0.247. The van der Waals surface area contributed by atoms with Crippen molar-refractivity contribution in [3.8, 4) is 0 Å². The van der Waals surface area contributed by atoms with Crippen LogP contribution >= 0.6 is 23.1 Å². The van der Waals surface area contributed by atoms with E-state index in [4.69, 9.17) is 5.84 Å². The van der Waals surface area contributed by atoms with Crippen LogP contribution < -0.4 is 16.6 Å². The van der Waals surface area contributed by atoms with Gasteiger partial charge in [0.2, 0.25) is 11.1 Å². The largest absolute Gasteiger partial charge is 0.334 e. The molecule has 1 amide bonds. The van der Waals surface area contributed by atoms with Crippen molar-refractivity contribution >= 4 is 46.9 Å². The molecule has 0 unspecified atom stereocenters. The first kappa shape index (κ1) is 17.9. The molecule has 0 radical (unpaired) electrons. The molecule has 4 N–H and O–H groups in total. The molecule has 0 saturated carbocycles. The van der Waals surface area contributed by atoms with Crippen molar-refractivity contribution < 1.29 is 9.18 Å². The average Bonchev–Trinajstić information content (AvgIpc) is 3.26. The molecule has 0 aliphatic rings. The Bertz CT molecular complexity index is 893. The van der Waals surface area contributed by atoms with E-state index in [1.807, 2.05) is 17.5 Å². The molecule has 0 saturated heterocycles. The van der Waals surface area contributed by atoms with Crippen molar-refractivity contribution in [3.63, 3.8) is 0 Å². The van der Waals surface area contributed by atoms with Crippen LogP contribution in [0.2, 0.25) is 0 Å². The molecule has 0 atom stereocenters. The van der Waals surface area contributed by atoms with E-state index in [1.54, 1.807) is 17.6 Å². The van der Waals surface area contributed by atoms with Crippen molar-refractivity contribution in [1.82, 2.24) is 14.9 Å². The van der Waals surface area contributed by atoms with Crippen molar-refractivity contribution in [2.24, 2.45) is 5.10 Å². The van der Waals surface area contributed by atoms with Crippen LogP contribution in [0.4, 0.5) is 16.0 Å². The molecule has 1 aromatic carbocycles. The Labute approximate surface area is 156 Å². The summed E-state index contributed by atoms with van der Waals surface area (Å²) >= 11 is 2.67. The topological polar surface area (TPSA) is 110 Å². The summed E-state index contributed by atoms with van der Waals surface area (Å²) in [5.41, 5.74) is 3.21. The van der Waals surface area contributed by atoms with Gasteiger partial charge in [0.05, 0.1) is 12.0 Å². The second-order valence-electron chi connectivity index (χ2n) is 4.91. The number of thiophene rings is 1. The number of thioether (sulfide) groups is 1. The molecular weight excluding hydrogens is 377 g/mol. The normalized spacial score (nSPS) is 11.0. The first-order chi connectivity index (χ1) is 12.6. The van der Waals surface area contributed by atoms with Crippen LogP contribution in [0.15, 0.2) is 52.0 Å². The summed E-state index contributed by atoms with van der Waals surface area (Å²) in [7, 11) is 0. The van der Waals surface area contributed by atoms with Crippen LogP contribution in [0.3, 0.4) is 0 Å². The minimum Gasteiger partial charge on any atom is -0.334 e. The zero-order valence-corrected chi connectivity index (χ0v) is 14.9. The first-order valence-corrected chi connectivity index (χ1v) is 9.19. The number of nitrogens with two attached hydrogens (primary N) is 1. The van der Waals surface area contributed by atoms with E-state index in [0.717, 1.165) is 16.6 Å². The number of hydrogen-bond donors (Lipinski definition) is 3. The third kappa shape index (κ3) is 4.80. The molecule has 8 nitrogen and oxygen atoms in total. The fourth-order valence-electron chi connectivity index (χ4n) is 1.83. The molecule has 3 rings (SSSR count). The van der Waals surface area contributed by atoms with Gasteiger partial charge in [0.1, 0.15) is 5.82 Å². The number of benzene rings is 1. The number of aromatic nitrogens is 3. The summed E-state index contributed by atoms with van der Waals surface area (Å²) in [5.74, 6) is 5.57. The standard InChI is InChI=1S/C15H14FN7OS2/c16-10-3-5-11(6-4-10)19-13(24)9-26-15-22-21-14(23(15)17)20-18-8-12-2-1-7-25-12/h1-8H,9,17H2,(H,19,24)(H,20,21)/b18-8+. The summed E-state index contributed by atoms with van der Waals surface area (Å²) in [6.07, 6.45) is 1.64. The average molecular weight is 391 g/mol. The number of hydrazone groups is 1. The number of carbonyl (C=O) groups excluding carboxylic acids is 1. The Balaban J connectivity index is 1.51. The molecule has 11 heteroatoms. The third-order valence-corrected chi connectivity index (χ3v) is 4.77. The Kier molecular flexibility index (Phi) is 5.81. The van der Waals surface area contributed by atoms with Crippen LogP contribution in [0.1, 0.15) is 4.88 Å². The van der Waals surface area contributed by atoms with Gasteiger partial charge in [-0.3, -0.25) is 4.79 Å². The molecule has 0 aliphatic carbocycles. The summed E-state index contributed by atoms with van der Waals surface area (Å²) in [6, 6.07) is 9.35. The highest BCUT2D eigenvalue weighted by Crippen LogP contribution is 2.17. The van der Waals surface area contributed by atoms with E-state index in [-0.39, 0.29) is 23.4 Å². The van der Waals surface area contributed by atoms with Gasteiger partial charge < -0.3 is 11.2 Å². The van der Waals surface area contributed by atoms with Crippen molar-refractivity contribution in [3.05, 3.63) is 52.5 Å². The Morgan fingerprint density at radius 2 is 2.15 bits per heavy atom. The van der Waals surface area contributed by atoms with E-state index >= 15 is 0 Å². The van der Waals surface area contributed by atoms with Gasteiger partial charge in [-0.1, -0.05) is 17.8 Å². The summed E-state index contributed by atoms with van der Waals surface area (Å²) in [6.45, 7) is 0. The van der Waals surface area contributed by atoms with Gasteiger partial charge in [-0.15, -0.1) is 21.5 Å².